The minimum atomic E-state index is -0.886. The highest BCUT2D eigenvalue weighted by molar-refractivity contribution is 5.67. The van der Waals surface area contributed by atoms with E-state index in [4.69, 9.17) is 9.84 Å². The third-order valence-corrected chi connectivity index (χ3v) is 2.44. The number of carboxylic acid groups (broad SMARTS) is 1. The molecule has 0 aromatic carbocycles. The largest absolute Gasteiger partial charge is 0.480 e. The molecular formula is C10H19NO3. The Kier molecular flexibility index (Phi) is 5.56. The van der Waals surface area contributed by atoms with Crippen LogP contribution in [0.1, 0.15) is 25.7 Å². The Morgan fingerprint density at radius 1 is 1.29 bits per heavy atom. The highest BCUT2D eigenvalue weighted by Gasteiger charge is 2.08. The predicted molar refractivity (Wildman–Crippen MR) is 53.4 cm³/mol. The fraction of sp³-hybridized carbons (Fsp3) is 0.900. The smallest absolute Gasteiger partial charge is 0.329 e. The first-order valence-corrected chi connectivity index (χ1v) is 5.31. The monoisotopic (exact) mass is 201 g/mol. The number of aliphatic carboxylic acids is 1. The van der Waals surface area contributed by atoms with E-state index in [2.05, 4.69) is 4.90 Å². The van der Waals surface area contributed by atoms with E-state index in [1.807, 2.05) is 0 Å². The van der Waals surface area contributed by atoms with Gasteiger partial charge in [-0.05, 0) is 32.4 Å². The van der Waals surface area contributed by atoms with Crippen LogP contribution in [0.3, 0.4) is 0 Å². The predicted octanol–water partition coefficient (Wildman–Crippen LogP) is 0.964. The summed E-state index contributed by atoms with van der Waals surface area (Å²) < 4.78 is 4.96. The highest BCUT2D eigenvalue weighted by Crippen LogP contribution is 2.08. The van der Waals surface area contributed by atoms with Gasteiger partial charge in [-0.1, -0.05) is 6.42 Å². The highest BCUT2D eigenvalue weighted by atomic mass is 16.5. The Morgan fingerprint density at radius 3 is 2.64 bits per heavy atom. The standard InChI is InChI=1S/C10H19NO3/c12-10(13)9-14-8-4-7-11-5-2-1-3-6-11/h1-9H2,(H,12,13). The second kappa shape index (κ2) is 6.79. The zero-order valence-electron chi connectivity index (χ0n) is 8.57. The molecule has 0 aliphatic carbocycles. The van der Waals surface area contributed by atoms with E-state index in [-0.39, 0.29) is 6.61 Å². The molecule has 0 unspecified atom stereocenters. The maximum atomic E-state index is 10.1. The number of carboxylic acids is 1. The van der Waals surface area contributed by atoms with Crippen LogP contribution in [0.2, 0.25) is 0 Å². The lowest BCUT2D eigenvalue weighted by Gasteiger charge is -2.26. The number of rotatable bonds is 6. The number of nitrogens with zero attached hydrogens (tertiary/aromatic N) is 1. The van der Waals surface area contributed by atoms with Crippen LogP contribution in [-0.2, 0) is 9.53 Å². The molecule has 1 saturated heterocycles. The molecule has 82 valence electrons. The molecule has 0 aromatic heterocycles. The Hall–Kier alpha value is -0.610. The number of ether oxygens (including phenoxy) is 1. The average molecular weight is 201 g/mol. The van der Waals surface area contributed by atoms with Crippen LogP contribution in [0.25, 0.3) is 0 Å². The normalized spacial score (nSPS) is 18.3. The molecule has 0 amide bonds. The SMILES string of the molecule is O=C(O)COCCCN1CCCCC1. The molecule has 1 aliphatic rings. The maximum Gasteiger partial charge on any atom is 0.329 e. The molecule has 0 spiro atoms. The second-order valence-electron chi connectivity index (χ2n) is 3.70. The summed E-state index contributed by atoms with van der Waals surface area (Å²) in [5.41, 5.74) is 0. The summed E-state index contributed by atoms with van der Waals surface area (Å²) in [5.74, 6) is -0.886. The molecule has 0 bridgehead atoms. The van der Waals surface area contributed by atoms with Gasteiger partial charge in [0.1, 0.15) is 6.61 Å². The van der Waals surface area contributed by atoms with Gasteiger partial charge in [0.05, 0.1) is 0 Å². The summed E-state index contributed by atoms with van der Waals surface area (Å²) >= 11 is 0. The van der Waals surface area contributed by atoms with Gasteiger partial charge in [-0.3, -0.25) is 0 Å². The Morgan fingerprint density at radius 2 is 2.00 bits per heavy atom. The lowest BCUT2D eigenvalue weighted by atomic mass is 10.1. The summed E-state index contributed by atoms with van der Waals surface area (Å²) in [7, 11) is 0. The van der Waals surface area contributed by atoms with Crippen molar-refractivity contribution in [2.45, 2.75) is 25.7 Å². The Balaban J connectivity index is 1.90. The first kappa shape index (κ1) is 11.5. The van der Waals surface area contributed by atoms with E-state index >= 15 is 0 Å². The topological polar surface area (TPSA) is 49.8 Å². The van der Waals surface area contributed by atoms with Crippen LogP contribution in [0.4, 0.5) is 0 Å². The van der Waals surface area contributed by atoms with Crippen LogP contribution >= 0.6 is 0 Å². The number of likely N-dealkylation sites (tertiary alicyclic amines) is 1. The third-order valence-electron chi connectivity index (χ3n) is 2.44. The number of hydrogen-bond donors (Lipinski definition) is 1. The van der Waals surface area contributed by atoms with Crippen LogP contribution in [-0.4, -0.2) is 48.8 Å². The first-order valence-electron chi connectivity index (χ1n) is 5.31. The quantitative estimate of drug-likeness (QED) is 0.650. The molecular weight excluding hydrogens is 182 g/mol. The second-order valence-corrected chi connectivity index (χ2v) is 3.70. The van der Waals surface area contributed by atoms with E-state index in [1.54, 1.807) is 0 Å². The summed E-state index contributed by atoms with van der Waals surface area (Å²) in [6.45, 7) is 3.82. The van der Waals surface area contributed by atoms with E-state index in [0.29, 0.717) is 6.61 Å². The molecule has 0 saturated carbocycles. The molecule has 0 radical (unpaired) electrons. The van der Waals surface area contributed by atoms with Crippen molar-refractivity contribution in [1.82, 2.24) is 4.90 Å². The molecule has 1 fully saturated rings. The number of carbonyl (C=O) groups is 1. The maximum absolute atomic E-state index is 10.1. The molecule has 4 heteroatoms. The summed E-state index contributed by atoms with van der Waals surface area (Å²) in [6.07, 6.45) is 4.89. The molecule has 1 heterocycles. The van der Waals surface area contributed by atoms with Gasteiger partial charge in [-0.2, -0.15) is 0 Å². The average Bonchev–Trinajstić information content (AvgIpc) is 2.18. The van der Waals surface area contributed by atoms with Crippen molar-refractivity contribution in [3.8, 4) is 0 Å². The lowest BCUT2D eigenvalue weighted by Crippen LogP contribution is -2.31. The van der Waals surface area contributed by atoms with Gasteiger partial charge >= 0.3 is 5.97 Å². The van der Waals surface area contributed by atoms with Gasteiger partial charge in [-0.25, -0.2) is 4.79 Å². The van der Waals surface area contributed by atoms with Gasteiger partial charge in [0.2, 0.25) is 0 Å². The van der Waals surface area contributed by atoms with Crippen molar-refractivity contribution >= 4 is 5.97 Å². The van der Waals surface area contributed by atoms with E-state index in [0.717, 1.165) is 13.0 Å². The Bertz CT molecular complexity index is 167. The fourth-order valence-electron chi connectivity index (χ4n) is 1.73. The molecule has 4 nitrogen and oxygen atoms in total. The van der Waals surface area contributed by atoms with Crippen molar-refractivity contribution in [1.29, 1.82) is 0 Å². The van der Waals surface area contributed by atoms with Gasteiger partial charge in [0, 0.05) is 13.2 Å². The van der Waals surface area contributed by atoms with Crippen LogP contribution in [0.15, 0.2) is 0 Å². The lowest BCUT2D eigenvalue weighted by molar-refractivity contribution is -0.142. The zero-order valence-corrected chi connectivity index (χ0v) is 8.57. The first-order chi connectivity index (χ1) is 6.79. The molecule has 1 N–H and O–H groups in total. The summed E-state index contributed by atoms with van der Waals surface area (Å²) in [4.78, 5) is 12.6. The van der Waals surface area contributed by atoms with Gasteiger partial charge in [0.15, 0.2) is 0 Å². The summed E-state index contributed by atoms with van der Waals surface area (Å²) in [5, 5.41) is 8.33. The van der Waals surface area contributed by atoms with Crippen molar-refractivity contribution in [2.75, 3.05) is 32.8 Å². The zero-order chi connectivity index (χ0) is 10.2. The van der Waals surface area contributed by atoms with Crippen molar-refractivity contribution < 1.29 is 14.6 Å². The van der Waals surface area contributed by atoms with E-state index in [9.17, 15) is 4.79 Å². The van der Waals surface area contributed by atoms with Gasteiger partial charge < -0.3 is 14.7 Å². The van der Waals surface area contributed by atoms with Crippen LogP contribution in [0.5, 0.6) is 0 Å². The minimum absolute atomic E-state index is 0.167. The van der Waals surface area contributed by atoms with Crippen LogP contribution in [0, 0.1) is 0 Å². The van der Waals surface area contributed by atoms with Crippen molar-refractivity contribution in [3.63, 3.8) is 0 Å². The molecule has 0 atom stereocenters. The molecule has 14 heavy (non-hydrogen) atoms. The van der Waals surface area contributed by atoms with Gasteiger partial charge in [-0.15, -0.1) is 0 Å². The van der Waals surface area contributed by atoms with Crippen LogP contribution < -0.4 is 0 Å². The number of piperidine rings is 1. The Labute approximate surface area is 84.8 Å². The van der Waals surface area contributed by atoms with Gasteiger partial charge in [0.25, 0.3) is 0 Å². The fourth-order valence-corrected chi connectivity index (χ4v) is 1.73. The summed E-state index contributed by atoms with van der Waals surface area (Å²) in [6, 6.07) is 0. The van der Waals surface area contributed by atoms with Crippen molar-refractivity contribution in [3.05, 3.63) is 0 Å². The molecule has 0 aromatic rings. The number of hydrogen-bond acceptors (Lipinski definition) is 3. The molecule has 1 rings (SSSR count). The van der Waals surface area contributed by atoms with E-state index < -0.39 is 5.97 Å². The molecule has 1 aliphatic heterocycles. The van der Waals surface area contributed by atoms with Crippen molar-refractivity contribution in [2.24, 2.45) is 0 Å². The minimum Gasteiger partial charge on any atom is -0.480 e. The third kappa shape index (κ3) is 5.19. The van der Waals surface area contributed by atoms with E-state index in [1.165, 1.54) is 32.4 Å².